The molecule has 0 aromatic heterocycles. The summed E-state index contributed by atoms with van der Waals surface area (Å²) in [5.74, 6) is -0.177. The van der Waals surface area contributed by atoms with Gasteiger partial charge in [-0.25, -0.2) is 0 Å². The lowest BCUT2D eigenvalue weighted by Gasteiger charge is -2.16. The van der Waals surface area contributed by atoms with Crippen LogP contribution in [0.4, 0.5) is 5.69 Å². The molecule has 2 rings (SSSR count). The summed E-state index contributed by atoms with van der Waals surface area (Å²) in [5.41, 5.74) is 6.53. The van der Waals surface area contributed by atoms with Gasteiger partial charge in [-0.05, 0) is 19.4 Å². The molecule has 0 radical (unpaired) electrons. The van der Waals surface area contributed by atoms with Crippen molar-refractivity contribution in [2.45, 2.75) is 19.4 Å². The second kappa shape index (κ2) is 4.73. The number of carbonyl (C=O) groups is 1. The standard InChI is InChI=1S/C12H15N3O3/c1-8-10(3-2-4-11(8)15(17)18)12(16)14-6-5-9(13)7-14/h2-4,9H,5-7,13H2,1H3/t9-/m1/s1. The molecule has 1 aliphatic heterocycles. The van der Waals surface area contributed by atoms with E-state index in [0.717, 1.165) is 6.42 Å². The Labute approximate surface area is 105 Å². The maximum absolute atomic E-state index is 12.2. The highest BCUT2D eigenvalue weighted by Crippen LogP contribution is 2.23. The Hall–Kier alpha value is -1.95. The highest BCUT2D eigenvalue weighted by molar-refractivity contribution is 5.96. The topological polar surface area (TPSA) is 89.5 Å². The highest BCUT2D eigenvalue weighted by atomic mass is 16.6. The normalized spacial score (nSPS) is 19.0. The van der Waals surface area contributed by atoms with E-state index >= 15 is 0 Å². The van der Waals surface area contributed by atoms with Crippen molar-refractivity contribution in [1.29, 1.82) is 0 Å². The summed E-state index contributed by atoms with van der Waals surface area (Å²) in [6.07, 6.45) is 0.777. The number of benzene rings is 1. The summed E-state index contributed by atoms with van der Waals surface area (Å²) >= 11 is 0. The molecule has 1 aromatic rings. The molecule has 1 amide bonds. The predicted octanol–water partition coefficient (Wildman–Crippen LogP) is 1.08. The van der Waals surface area contributed by atoms with Gasteiger partial charge >= 0.3 is 0 Å². The van der Waals surface area contributed by atoms with Crippen LogP contribution in [0.5, 0.6) is 0 Å². The van der Waals surface area contributed by atoms with Crippen molar-refractivity contribution in [2.24, 2.45) is 5.73 Å². The quantitative estimate of drug-likeness (QED) is 0.627. The fraction of sp³-hybridized carbons (Fsp3) is 0.417. The van der Waals surface area contributed by atoms with E-state index in [2.05, 4.69) is 0 Å². The summed E-state index contributed by atoms with van der Waals surface area (Å²) in [4.78, 5) is 24.2. The summed E-state index contributed by atoms with van der Waals surface area (Å²) < 4.78 is 0. The van der Waals surface area contributed by atoms with E-state index in [1.807, 2.05) is 0 Å². The molecule has 1 fully saturated rings. The lowest BCUT2D eigenvalue weighted by Crippen LogP contribution is -2.32. The van der Waals surface area contributed by atoms with Crippen LogP contribution in [-0.4, -0.2) is 34.9 Å². The van der Waals surface area contributed by atoms with Crippen LogP contribution >= 0.6 is 0 Å². The third-order valence-corrected chi connectivity index (χ3v) is 3.24. The maximum Gasteiger partial charge on any atom is 0.273 e. The number of nitro benzene ring substituents is 1. The van der Waals surface area contributed by atoms with Gasteiger partial charge in [0, 0.05) is 36.3 Å². The minimum atomic E-state index is -0.470. The fourth-order valence-corrected chi connectivity index (χ4v) is 2.20. The number of hydrogen-bond donors (Lipinski definition) is 1. The molecule has 1 atom stereocenters. The van der Waals surface area contributed by atoms with E-state index < -0.39 is 4.92 Å². The van der Waals surface area contributed by atoms with Crippen molar-refractivity contribution in [3.63, 3.8) is 0 Å². The predicted molar refractivity (Wildman–Crippen MR) is 66.3 cm³/mol. The van der Waals surface area contributed by atoms with Gasteiger partial charge in [0.2, 0.25) is 0 Å². The summed E-state index contributed by atoms with van der Waals surface area (Å²) in [7, 11) is 0. The Morgan fingerprint density at radius 1 is 1.56 bits per heavy atom. The molecule has 0 spiro atoms. The Morgan fingerprint density at radius 3 is 2.83 bits per heavy atom. The molecule has 96 valence electrons. The summed E-state index contributed by atoms with van der Waals surface area (Å²) in [6, 6.07) is 4.57. The molecule has 0 saturated carbocycles. The van der Waals surface area contributed by atoms with E-state index in [1.165, 1.54) is 12.1 Å². The summed E-state index contributed by atoms with van der Waals surface area (Å²) in [5, 5.41) is 10.8. The second-order valence-electron chi connectivity index (χ2n) is 4.51. The van der Waals surface area contributed by atoms with Crippen molar-refractivity contribution < 1.29 is 9.72 Å². The molecule has 0 unspecified atom stereocenters. The van der Waals surface area contributed by atoms with Gasteiger partial charge in [0.15, 0.2) is 0 Å². The van der Waals surface area contributed by atoms with Gasteiger partial charge in [-0.15, -0.1) is 0 Å². The third-order valence-electron chi connectivity index (χ3n) is 3.24. The number of nitrogens with zero attached hydrogens (tertiary/aromatic N) is 2. The van der Waals surface area contributed by atoms with Gasteiger partial charge in [-0.1, -0.05) is 6.07 Å². The van der Waals surface area contributed by atoms with Crippen LogP contribution in [0.3, 0.4) is 0 Å². The Morgan fingerprint density at radius 2 is 2.28 bits per heavy atom. The Balaban J connectivity index is 2.31. The SMILES string of the molecule is Cc1c(C(=O)N2CC[C@@H](N)C2)cccc1[N+](=O)[O-]. The minimum Gasteiger partial charge on any atom is -0.337 e. The molecule has 1 aliphatic rings. The lowest BCUT2D eigenvalue weighted by molar-refractivity contribution is -0.385. The average Bonchev–Trinajstić information content (AvgIpc) is 2.75. The maximum atomic E-state index is 12.2. The first-order chi connectivity index (χ1) is 8.50. The molecule has 1 saturated heterocycles. The van der Waals surface area contributed by atoms with Gasteiger partial charge in [-0.2, -0.15) is 0 Å². The van der Waals surface area contributed by atoms with E-state index in [4.69, 9.17) is 5.73 Å². The summed E-state index contributed by atoms with van der Waals surface area (Å²) in [6.45, 7) is 2.73. The monoisotopic (exact) mass is 249 g/mol. The van der Waals surface area contributed by atoms with E-state index in [-0.39, 0.29) is 17.6 Å². The van der Waals surface area contributed by atoms with Crippen LogP contribution in [0.2, 0.25) is 0 Å². The molecule has 6 nitrogen and oxygen atoms in total. The van der Waals surface area contributed by atoms with E-state index in [9.17, 15) is 14.9 Å². The number of rotatable bonds is 2. The van der Waals surface area contributed by atoms with Gasteiger partial charge in [-0.3, -0.25) is 14.9 Å². The number of likely N-dealkylation sites (tertiary alicyclic amines) is 1. The third kappa shape index (κ3) is 2.19. The first-order valence-electron chi connectivity index (χ1n) is 5.79. The number of hydrogen-bond acceptors (Lipinski definition) is 4. The molecule has 18 heavy (non-hydrogen) atoms. The van der Waals surface area contributed by atoms with Crippen LogP contribution in [0, 0.1) is 17.0 Å². The van der Waals surface area contributed by atoms with Crippen molar-refractivity contribution in [1.82, 2.24) is 4.90 Å². The van der Waals surface area contributed by atoms with Gasteiger partial charge in [0.25, 0.3) is 11.6 Å². The molecular weight excluding hydrogens is 234 g/mol. The van der Waals surface area contributed by atoms with Crippen LogP contribution in [0.25, 0.3) is 0 Å². The van der Waals surface area contributed by atoms with Gasteiger partial charge in [0.05, 0.1) is 4.92 Å². The van der Waals surface area contributed by atoms with Gasteiger partial charge < -0.3 is 10.6 Å². The highest BCUT2D eigenvalue weighted by Gasteiger charge is 2.27. The number of nitrogens with two attached hydrogens (primary N) is 1. The van der Waals surface area contributed by atoms with Crippen molar-refractivity contribution in [2.75, 3.05) is 13.1 Å². The van der Waals surface area contributed by atoms with Crippen LogP contribution in [-0.2, 0) is 0 Å². The zero-order chi connectivity index (χ0) is 13.3. The zero-order valence-corrected chi connectivity index (χ0v) is 10.1. The van der Waals surface area contributed by atoms with Crippen molar-refractivity contribution >= 4 is 11.6 Å². The first kappa shape index (κ1) is 12.5. The Bertz CT molecular complexity index is 501. The van der Waals surface area contributed by atoms with E-state index in [1.54, 1.807) is 17.9 Å². The lowest BCUT2D eigenvalue weighted by atomic mass is 10.1. The molecule has 2 N–H and O–H groups in total. The molecule has 6 heteroatoms. The minimum absolute atomic E-state index is 0.00736. The van der Waals surface area contributed by atoms with Crippen LogP contribution < -0.4 is 5.73 Å². The number of nitro groups is 1. The molecular formula is C12H15N3O3. The first-order valence-corrected chi connectivity index (χ1v) is 5.79. The van der Waals surface area contributed by atoms with Crippen molar-refractivity contribution in [3.8, 4) is 0 Å². The second-order valence-corrected chi connectivity index (χ2v) is 4.51. The number of carbonyl (C=O) groups excluding carboxylic acids is 1. The zero-order valence-electron chi connectivity index (χ0n) is 10.1. The largest absolute Gasteiger partial charge is 0.337 e. The number of amides is 1. The molecule has 1 heterocycles. The van der Waals surface area contributed by atoms with Crippen LogP contribution in [0.15, 0.2) is 18.2 Å². The molecule has 1 aromatic carbocycles. The van der Waals surface area contributed by atoms with Crippen LogP contribution in [0.1, 0.15) is 22.3 Å². The molecule has 0 bridgehead atoms. The fourth-order valence-electron chi connectivity index (χ4n) is 2.20. The average molecular weight is 249 g/mol. The Kier molecular flexibility index (Phi) is 3.29. The molecule has 0 aliphatic carbocycles. The smallest absolute Gasteiger partial charge is 0.273 e. The van der Waals surface area contributed by atoms with Crippen molar-refractivity contribution in [3.05, 3.63) is 39.4 Å². The van der Waals surface area contributed by atoms with Gasteiger partial charge in [0.1, 0.15) is 0 Å². The van der Waals surface area contributed by atoms with E-state index in [0.29, 0.717) is 24.2 Å².